The van der Waals surface area contributed by atoms with E-state index >= 15 is 0 Å². The third-order valence-electron chi connectivity index (χ3n) is 2.92. The number of hydrogen-bond acceptors (Lipinski definition) is 2. The van der Waals surface area contributed by atoms with Gasteiger partial charge in [-0.1, -0.05) is 11.6 Å². The van der Waals surface area contributed by atoms with Crippen molar-refractivity contribution >= 4 is 22.9 Å². The van der Waals surface area contributed by atoms with Crippen molar-refractivity contribution in [1.82, 2.24) is 9.38 Å². The lowest BCUT2D eigenvalue weighted by atomic mass is 10.3. The van der Waals surface area contributed by atoms with Crippen LogP contribution in [-0.4, -0.2) is 9.38 Å². The Kier molecular flexibility index (Phi) is 3.47. The minimum absolute atomic E-state index is 0.140. The predicted octanol–water partition coefficient (Wildman–Crippen LogP) is 4.02. The van der Waals surface area contributed by atoms with E-state index in [9.17, 15) is 13.2 Å². The molecule has 0 aliphatic rings. The van der Waals surface area contributed by atoms with Gasteiger partial charge < -0.3 is 9.72 Å². The molecule has 0 bridgehead atoms. The molecule has 1 N–H and O–H groups in total. The van der Waals surface area contributed by atoms with Crippen molar-refractivity contribution in [3.05, 3.63) is 64.8 Å². The van der Waals surface area contributed by atoms with Crippen LogP contribution in [0.4, 0.5) is 18.9 Å². The normalized spacial score (nSPS) is 11.0. The molecule has 7 heteroatoms. The van der Waals surface area contributed by atoms with Crippen LogP contribution in [0.5, 0.6) is 0 Å². The molecule has 0 aliphatic heterocycles. The van der Waals surface area contributed by atoms with Crippen molar-refractivity contribution in [2.24, 2.45) is 0 Å². The summed E-state index contributed by atoms with van der Waals surface area (Å²) in [7, 11) is 0. The van der Waals surface area contributed by atoms with E-state index in [2.05, 4.69) is 10.3 Å². The molecule has 0 radical (unpaired) electrons. The Balaban J connectivity index is 1.80. The molecular weight excluding hydrogens is 303 g/mol. The second-order valence-electron chi connectivity index (χ2n) is 4.45. The number of halogens is 4. The van der Waals surface area contributed by atoms with Crippen LogP contribution in [0.2, 0.25) is 5.02 Å². The number of anilines is 1. The predicted molar refractivity (Wildman–Crippen MR) is 73.8 cm³/mol. The summed E-state index contributed by atoms with van der Waals surface area (Å²) in [5, 5.41) is 3.36. The van der Waals surface area contributed by atoms with Gasteiger partial charge in [-0.25, -0.2) is 18.2 Å². The highest BCUT2D eigenvalue weighted by Gasteiger charge is 2.10. The topological polar surface area (TPSA) is 29.3 Å². The molecule has 2 aromatic heterocycles. The number of benzene rings is 1. The van der Waals surface area contributed by atoms with Crippen LogP contribution in [0.25, 0.3) is 5.65 Å². The first-order valence-electron chi connectivity index (χ1n) is 6.04. The Morgan fingerprint density at radius 2 is 1.81 bits per heavy atom. The van der Waals surface area contributed by atoms with Gasteiger partial charge in [-0.3, -0.25) is 0 Å². The molecule has 0 spiro atoms. The fourth-order valence-electron chi connectivity index (χ4n) is 1.95. The van der Waals surface area contributed by atoms with Crippen LogP contribution in [0, 0.1) is 17.5 Å². The lowest BCUT2D eigenvalue weighted by Gasteiger charge is -2.05. The zero-order chi connectivity index (χ0) is 15.0. The van der Waals surface area contributed by atoms with E-state index in [1.54, 1.807) is 28.9 Å². The Hall–Kier alpha value is -2.21. The van der Waals surface area contributed by atoms with Crippen molar-refractivity contribution in [2.75, 3.05) is 5.32 Å². The van der Waals surface area contributed by atoms with Gasteiger partial charge in [0, 0.05) is 30.2 Å². The van der Waals surface area contributed by atoms with Gasteiger partial charge in [0.1, 0.15) is 5.65 Å². The average Bonchev–Trinajstić information content (AvgIpc) is 2.84. The van der Waals surface area contributed by atoms with Gasteiger partial charge in [0.05, 0.1) is 17.3 Å². The molecule has 108 valence electrons. The zero-order valence-corrected chi connectivity index (χ0v) is 11.3. The Bertz CT molecular complexity index is 793. The Morgan fingerprint density at radius 1 is 1.10 bits per heavy atom. The van der Waals surface area contributed by atoms with Crippen molar-refractivity contribution in [1.29, 1.82) is 0 Å². The molecule has 21 heavy (non-hydrogen) atoms. The Labute approximate surface area is 123 Å². The van der Waals surface area contributed by atoms with Gasteiger partial charge in [-0.15, -0.1) is 0 Å². The van der Waals surface area contributed by atoms with Crippen LogP contribution in [-0.2, 0) is 6.54 Å². The summed E-state index contributed by atoms with van der Waals surface area (Å²) in [6, 6.07) is 5.26. The standard InChI is InChI=1S/C14H9ClF3N3/c15-8-1-2-13-20-10(7-21(13)6-8)5-19-9-3-11(16)14(18)12(17)4-9/h1-4,6-7,19H,5H2. The molecule has 3 aromatic rings. The van der Waals surface area contributed by atoms with E-state index < -0.39 is 17.5 Å². The molecule has 0 fully saturated rings. The lowest BCUT2D eigenvalue weighted by Crippen LogP contribution is -2.02. The first-order chi connectivity index (χ1) is 10.0. The molecule has 3 rings (SSSR count). The van der Waals surface area contributed by atoms with E-state index in [-0.39, 0.29) is 12.2 Å². The summed E-state index contributed by atoms with van der Waals surface area (Å²) in [6.07, 6.45) is 3.44. The van der Waals surface area contributed by atoms with Gasteiger partial charge >= 0.3 is 0 Å². The van der Waals surface area contributed by atoms with E-state index in [0.717, 1.165) is 12.1 Å². The van der Waals surface area contributed by atoms with Crippen molar-refractivity contribution < 1.29 is 13.2 Å². The minimum Gasteiger partial charge on any atom is -0.379 e. The van der Waals surface area contributed by atoms with E-state index in [0.29, 0.717) is 16.4 Å². The number of hydrogen-bond donors (Lipinski definition) is 1. The summed E-state index contributed by atoms with van der Waals surface area (Å²) in [4.78, 5) is 4.31. The lowest BCUT2D eigenvalue weighted by molar-refractivity contribution is 0.447. The molecule has 0 saturated heterocycles. The van der Waals surface area contributed by atoms with Crippen molar-refractivity contribution in [2.45, 2.75) is 6.54 Å². The quantitative estimate of drug-likeness (QED) is 0.740. The number of pyridine rings is 1. The van der Waals surface area contributed by atoms with Crippen LogP contribution in [0.1, 0.15) is 5.69 Å². The Morgan fingerprint density at radius 3 is 2.52 bits per heavy atom. The molecule has 1 aromatic carbocycles. The molecule has 0 amide bonds. The number of nitrogens with zero attached hydrogens (tertiary/aromatic N) is 2. The second kappa shape index (κ2) is 5.29. The van der Waals surface area contributed by atoms with Gasteiger partial charge in [0.25, 0.3) is 0 Å². The third kappa shape index (κ3) is 2.80. The molecule has 0 saturated carbocycles. The van der Waals surface area contributed by atoms with Gasteiger partial charge in [-0.05, 0) is 12.1 Å². The van der Waals surface area contributed by atoms with Crippen LogP contribution < -0.4 is 5.32 Å². The second-order valence-corrected chi connectivity index (χ2v) is 4.89. The van der Waals surface area contributed by atoms with E-state index in [4.69, 9.17) is 11.6 Å². The minimum atomic E-state index is -1.48. The van der Waals surface area contributed by atoms with E-state index in [1.807, 2.05) is 0 Å². The fraction of sp³-hybridized carbons (Fsp3) is 0.0714. The number of fused-ring (bicyclic) bond motifs is 1. The first kappa shape index (κ1) is 13.8. The number of rotatable bonds is 3. The smallest absolute Gasteiger partial charge is 0.194 e. The van der Waals surface area contributed by atoms with Crippen LogP contribution >= 0.6 is 11.6 Å². The van der Waals surface area contributed by atoms with Crippen LogP contribution in [0.15, 0.2) is 36.7 Å². The molecular formula is C14H9ClF3N3. The number of imidazole rings is 1. The summed E-state index contributed by atoms with van der Waals surface area (Å²) in [5.41, 5.74) is 1.50. The molecule has 0 unspecified atom stereocenters. The third-order valence-corrected chi connectivity index (χ3v) is 3.15. The van der Waals surface area contributed by atoms with Gasteiger partial charge in [0.15, 0.2) is 17.5 Å². The number of aromatic nitrogens is 2. The van der Waals surface area contributed by atoms with Crippen LogP contribution in [0.3, 0.4) is 0 Å². The molecule has 2 heterocycles. The maximum absolute atomic E-state index is 13.1. The SMILES string of the molecule is Fc1cc(NCc2cn3cc(Cl)ccc3n2)cc(F)c1F. The van der Waals surface area contributed by atoms with Gasteiger partial charge in [-0.2, -0.15) is 0 Å². The maximum Gasteiger partial charge on any atom is 0.194 e. The largest absolute Gasteiger partial charge is 0.379 e. The monoisotopic (exact) mass is 311 g/mol. The van der Waals surface area contributed by atoms with Crippen molar-refractivity contribution in [3.63, 3.8) is 0 Å². The highest BCUT2D eigenvalue weighted by atomic mass is 35.5. The van der Waals surface area contributed by atoms with Crippen molar-refractivity contribution in [3.8, 4) is 0 Å². The number of nitrogens with one attached hydrogen (secondary N) is 1. The first-order valence-corrected chi connectivity index (χ1v) is 6.42. The maximum atomic E-state index is 13.1. The zero-order valence-electron chi connectivity index (χ0n) is 10.6. The highest BCUT2D eigenvalue weighted by Crippen LogP contribution is 2.18. The summed E-state index contributed by atoms with van der Waals surface area (Å²) >= 11 is 5.87. The van der Waals surface area contributed by atoms with Gasteiger partial charge in [0.2, 0.25) is 0 Å². The average molecular weight is 312 g/mol. The molecule has 0 aliphatic carbocycles. The summed E-state index contributed by atoms with van der Waals surface area (Å²) < 4.78 is 40.8. The van der Waals surface area contributed by atoms with E-state index in [1.165, 1.54) is 0 Å². The molecule has 0 atom stereocenters. The summed E-state index contributed by atoms with van der Waals surface area (Å²) in [6.45, 7) is 0.240. The fourth-order valence-corrected chi connectivity index (χ4v) is 2.12. The summed E-state index contributed by atoms with van der Waals surface area (Å²) in [5.74, 6) is -3.96. The highest BCUT2D eigenvalue weighted by molar-refractivity contribution is 6.30. The molecule has 3 nitrogen and oxygen atoms in total.